The summed E-state index contributed by atoms with van der Waals surface area (Å²) >= 11 is 0. The second kappa shape index (κ2) is 7.28. The van der Waals surface area contributed by atoms with Gasteiger partial charge in [-0.15, -0.1) is 0 Å². The summed E-state index contributed by atoms with van der Waals surface area (Å²) in [4.78, 5) is 0. The van der Waals surface area contributed by atoms with Crippen LogP contribution in [0.15, 0.2) is 0 Å². The first-order valence-electron chi connectivity index (χ1n) is 6.71. The van der Waals surface area contributed by atoms with Crippen molar-refractivity contribution in [3.8, 4) is 0 Å². The summed E-state index contributed by atoms with van der Waals surface area (Å²) < 4.78 is 0. The molecule has 1 aliphatic rings. The quantitative estimate of drug-likeness (QED) is 0.676. The molecule has 0 aromatic heterocycles. The van der Waals surface area contributed by atoms with Crippen molar-refractivity contribution in [2.24, 2.45) is 0 Å². The molecule has 1 rings (SSSR count). The Hall–Kier alpha value is -0.0400. The van der Waals surface area contributed by atoms with Crippen molar-refractivity contribution in [2.45, 2.75) is 83.7 Å². The highest BCUT2D eigenvalue weighted by atomic mass is 14.9. The molecule has 0 aromatic carbocycles. The summed E-state index contributed by atoms with van der Waals surface area (Å²) in [6, 6.07) is 1.89. The fraction of sp³-hybridized carbons (Fsp3) is 1.00. The van der Waals surface area contributed by atoms with Gasteiger partial charge in [-0.1, -0.05) is 33.1 Å². The van der Waals surface area contributed by atoms with Crippen LogP contribution in [0.4, 0.5) is 0 Å². The Kier molecular flexibility index (Phi) is 6.25. The molecule has 0 unspecified atom stereocenters. The van der Waals surface area contributed by atoms with Crippen LogP contribution in [0.5, 0.6) is 0 Å². The van der Waals surface area contributed by atoms with Crippen LogP contribution in [0.1, 0.15) is 71.6 Å². The van der Waals surface area contributed by atoms with Crippen LogP contribution in [-0.2, 0) is 0 Å². The predicted molar refractivity (Wildman–Crippen MR) is 62.4 cm³/mol. The van der Waals surface area contributed by atoms with Gasteiger partial charge in [0.15, 0.2) is 0 Å². The lowest BCUT2D eigenvalue weighted by Crippen LogP contribution is -2.95. The monoisotopic (exact) mass is 198 g/mol. The van der Waals surface area contributed by atoms with Crippen LogP contribution in [0, 0.1) is 0 Å². The third-order valence-corrected chi connectivity index (χ3v) is 3.51. The maximum atomic E-state index is 2.70. The van der Waals surface area contributed by atoms with Gasteiger partial charge in [0.05, 0.1) is 12.1 Å². The average Bonchev–Trinajstić information content (AvgIpc) is 2.20. The Labute approximate surface area is 89.7 Å². The van der Waals surface area contributed by atoms with Crippen LogP contribution >= 0.6 is 0 Å². The minimum Gasteiger partial charge on any atom is -0.341 e. The highest BCUT2D eigenvalue weighted by Gasteiger charge is 2.20. The number of quaternary nitrogens is 1. The molecule has 0 aliphatic heterocycles. The fourth-order valence-corrected chi connectivity index (χ4v) is 2.79. The molecule has 14 heavy (non-hydrogen) atoms. The lowest BCUT2D eigenvalue weighted by Gasteiger charge is -2.25. The minimum atomic E-state index is 0.924. The zero-order chi connectivity index (χ0) is 10.2. The molecule has 84 valence electrons. The van der Waals surface area contributed by atoms with Crippen LogP contribution in [-0.4, -0.2) is 12.1 Å². The van der Waals surface area contributed by atoms with Crippen molar-refractivity contribution < 1.29 is 5.32 Å². The largest absolute Gasteiger partial charge is 0.341 e. The standard InChI is InChI=1S/C13H27N/c1-3-8-12(9-4-2)14-13-10-6-5-7-11-13/h12-14H,3-11H2,1-2H3/p+1. The highest BCUT2D eigenvalue weighted by molar-refractivity contribution is 4.64. The second-order valence-electron chi connectivity index (χ2n) is 4.93. The lowest BCUT2D eigenvalue weighted by molar-refractivity contribution is -0.724. The van der Waals surface area contributed by atoms with Gasteiger partial charge in [-0.05, 0) is 38.5 Å². The van der Waals surface area contributed by atoms with Crippen molar-refractivity contribution in [1.29, 1.82) is 0 Å². The van der Waals surface area contributed by atoms with Crippen LogP contribution in [0.3, 0.4) is 0 Å². The Morgan fingerprint density at radius 3 is 2.07 bits per heavy atom. The zero-order valence-corrected chi connectivity index (χ0v) is 10.1. The molecule has 0 saturated heterocycles. The van der Waals surface area contributed by atoms with E-state index in [-0.39, 0.29) is 0 Å². The van der Waals surface area contributed by atoms with E-state index in [2.05, 4.69) is 19.2 Å². The number of rotatable bonds is 6. The molecule has 2 N–H and O–H groups in total. The molecule has 0 amide bonds. The van der Waals surface area contributed by atoms with Crippen molar-refractivity contribution in [3.05, 3.63) is 0 Å². The van der Waals surface area contributed by atoms with Crippen molar-refractivity contribution in [2.75, 3.05) is 0 Å². The Morgan fingerprint density at radius 2 is 1.57 bits per heavy atom. The summed E-state index contributed by atoms with van der Waals surface area (Å²) in [7, 11) is 0. The molecule has 0 aromatic rings. The Bertz CT molecular complexity index is 121. The molecule has 0 heterocycles. The number of hydrogen-bond acceptors (Lipinski definition) is 0. The van der Waals surface area contributed by atoms with E-state index >= 15 is 0 Å². The van der Waals surface area contributed by atoms with E-state index in [1.807, 2.05) is 0 Å². The summed E-state index contributed by atoms with van der Waals surface area (Å²) in [5.74, 6) is 0. The van der Waals surface area contributed by atoms with Gasteiger partial charge in [0.25, 0.3) is 0 Å². The average molecular weight is 198 g/mol. The second-order valence-corrected chi connectivity index (χ2v) is 4.93. The van der Waals surface area contributed by atoms with Crippen molar-refractivity contribution in [3.63, 3.8) is 0 Å². The smallest absolute Gasteiger partial charge is 0.0861 e. The molecule has 0 radical (unpaired) electrons. The SMILES string of the molecule is CCCC(CCC)[NH2+]C1CCCCC1. The summed E-state index contributed by atoms with van der Waals surface area (Å²) in [6.07, 6.45) is 12.9. The minimum absolute atomic E-state index is 0.924. The third-order valence-electron chi connectivity index (χ3n) is 3.51. The normalized spacial score (nSPS) is 19.1. The number of hydrogen-bond donors (Lipinski definition) is 1. The highest BCUT2D eigenvalue weighted by Crippen LogP contribution is 2.15. The van der Waals surface area contributed by atoms with Gasteiger partial charge in [-0.25, -0.2) is 0 Å². The molecule has 0 bridgehead atoms. The Balaban J connectivity index is 2.21. The molecule has 1 saturated carbocycles. The van der Waals surface area contributed by atoms with Gasteiger partial charge >= 0.3 is 0 Å². The van der Waals surface area contributed by atoms with Crippen molar-refractivity contribution >= 4 is 0 Å². The maximum Gasteiger partial charge on any atom is 0.0861 e. The van der Waals surface area contributed by atoms with E-state index in [0.29, 0.717) is 0 Å². The van der Waals surface area contributed by atoms with Crippen molar-refractivity contribution in [1.82, 2.24) is 0 Å². The first kappa shape index (κ1) is 12.0. The molecule has 0 atom stereocenters. The predicted octanol–water partition coefficient (Wildman–Crippen LogP) is 2.85. The molecule has 0 spiro atoms. The summed E-state index contributed by atoms with van der Waals surface area (Å²) in [5.41, 5.74) is 0. The van der Waals surface area contributed by atoms with E-state index in [0.717, 1.165) is 12.1 Å². The third kappa shape index (κ3) is 4.45. The van der Waals surface area contributed by atoms with Gasteiger partial charge in [-0.2, -0.15) is 0 Å². The van der Waals surface area contributed by atoms with Crippen LogP contribution < -0.4 is 5.32 Å². The Morgan fingerprint density at radius 1 is 1.00 bits per heavy atom. The number of nitrogens with two attached hydrogens (primary N) is 1. The topological polar surface area (TPSA) is 16.6 Å². The summed E-state index contributed by atoms with van der Waals surface area (Å²) in [6.45, 7) is 4.63. The van der Waals surface area contributed by atoms with Crippen LogP contribution in [0.25, 0.3) is 0 Å². The van der Waals surface area contributed by atoms with Gasteiger partial charge in [0, 0.05) is 0 Å². The van der Waals surface area contributed by atoms with E-state index in [4.69, 9.17) is 0 Å². The van der Waals surface area contributed by atoms with E-state index in [1.165, 1.54) is 57.8 Å². The molecule has 1 nitrogen and oxygen atoms in total. The maximum absolute atomic E-state index is 2.70. The molecular weight excluding hydrogens is 170 g/mol. The van der Waals surface area contributed by atoms with Gasteiger partial charge < -0.3 is 5.32 Å². The van der Waals surface area contributed by atoms with E-state index in [1.54, 1.807) is 0 Å². The molecule has 1 aliphatic carbocycles. The molecular formula is C13H28N+. The summed E-state index contributed by atoms with van der Waals surface area (Å²) in [5, 5.41) is 2.70. The first-order valence-corrected chi connectivity index (χ1v) is 6.71. The van der Waals surface area contributed by atoms with Crippen LogP contribution in [0.2, 0.25) is 0 Å². The molecule has 1 fully saturated rings. The van der Waals surface area contributed by atoms with Gasteiger partial charge in [0.2, 0.25) is 0 Å². The van der Waals surface area contributed by atoms with E-state index < -0.39 is 0 Å². The lowest BCUT2D eigenvalue weighted by atomic mass is 9.94. The van der Waals surface area contributed by atoms with E-state index in [9.17, 15) is 0 Å². The van der Waals surface area contributed by atoms with Gasteiger partial charge in [-0.3, -0.25) is 0 Å². The molecule has 1 heteroatoms. The zero-order valence-electron chi connectivity index (χ0n) is 10.1. The fourth-order valence-electron chi connectivity index (χ4n) is 2.79. The first-order chi connectivity index (χ1) is 6.86. The van der Waals surface area contributed by atoms with Gasteiger partial charge in [0.1, 0.15) is 0 Å².